The standard InChI is InChI=1S/C13H11N3O2/c14-6-10-1-3-11(4-2-10)8-18-13(17)5-12-7-15-9-16-12/h1-4,7,9H,5,8H2,(H,15,16). The van der Waals surface area contributed by atoms with Crippen molar-refractivity contribution in [1.82, 2.24) is 9.97 Å². The van der Waals surface area contributed by atoms with E-state index in [9.17, 15) is 4.79 Å². The molecule has 5 heteroatoms. The zero-order chi connectivity index (χ0) is 12.8. The van der Waals surface area contributed by atoms with Crippen LogP contribution in [0, 0.1) is 11.3 Å². The second-order valence-corrected chi connectivity index (χ2v) is 3.72. The summed E-state index contributed by atoms with van der Waals surface area (Å²) >= 11 is 0. The molecule has 0 aliphatic heterocycles. The molecule has 0 aliphatic rings. The van der Waals surface area contributed by atoms with E-state index in [1.807, 2.05) is 6.07 Å². The number of carbonyl (C=O) groups is 1. The van der Waals surface area contributed by atoms with Crippen molar-refractivity contribution < 1.29 is 9.53 Å². The van der Waals surface area contributed by atoms with Crippen LogP contribution >= 0.6 is 0 Å². The van der Waals surface area contributed by atoms with Gasteiger partial charge in [0.2, 0.25) is 0 Å². The highest BCUT2D eigenvalue weighted by Gasteiger charge is 2.06. The molecule has 1 aromatic carbocycles. The fraction of sp³-hybridized carbons (Fsp3) is 0.154. The summed E-state index contributed by atoms with van der Waals surface area (Å²) in [4.78, 5) is 18.1. The van der Waals surface area contributed by atoms with Crippen LogP contribution in [0.2, 0.25) is 0 Å². The van der Waals surface area contributed by atoms with Gasteiger partial charge in [0.15, 0.2) is 0 Å². The number of nitrogens with zero attached hydrogens (tertiary/aromatic N) is 2. The van der Waals surface area contributed by atoms with Crippen LogP contribution < -0.4 is 0 Å². The van der Waals surface area contributed by atoms with Gasteiger partial charge in [0.1, 0.15) is 6.61 Å². The van der Waals surface area contributed by atoms with Gasteiger partial charge in [-0.15, -0.1) is 0 Å². The normalized spacial score (nSPS) is 9.72. The SMILES string of the molecule is N#Cc1ccc(COC(=O)Cc2cnc[nH]2)cc1. The molecule has 1 heterocycles. The lowest BCUT2D eigenvalue weighted by atomic mass is 10.2. The number of H-pyrrole nitrogens is 1. The Kier molecular flexibility index (Phi) is 3.72. The van der Waals surface area contributed by atoms with Gasteiger partial charge in [-0.25, -0.2) is 4.98 Å². The molecule has 0 spiro atoms. The molecule has 2 rings (SSSR count). The lowest BCUT2D eigenvalue weighted by molar-refractivity contribution is -0.144. The molecule has 5 nitrogen and oxygen atoms in total. The van der Waals surface area contributed by atoms with Crippen LogP contribution in [0.4, 0.5) is 0 Å². The average molecular weight is 241 g/mol. The van der Waals surface area contributed by atoms with Gasteiger partial charge in [-0.1, -0.05) is 12.1 Å². The molecule has 0 atom stereocenters. The molecule has 0 fully saturated rings. The molecule has 0 radical (unpaired) electrons. The van der Waals surface area contributed by atoms with E-state index in [4.69, 9.17) is 10.00 Å². The monoisotopic (exact) mass is 241 g/mol. The number of ether oxygens (including phenoxy) is 1. The third kappa shape index (κ3) is 3.19. The van der Waals surface area contributed by atoms with Gasteiger partial charge in [0.05, 0.1) is 24.4 Å². The number of hydrogen-bond donors (Lipinski definition) is 1. The predicted molar refractivity (Wildman–Crippen MR) is 63.2 cm³/mol. The van der Waals surface area contributed by atoms with E-state index >= 15 is 0 Å². The van der Waals surface area contributed by atoms with Crippen LogP contribution in [-0.2, 0) is 22.6 Å². The highest BCUT2D eigenvalue weighted by molar-refractivity contribution is 5.71. The summed E-state index contributed by atoms with van der Waals surface area (Å²) in [5.41, 5.74) is 2.16. The van der Waals surface area contributed by atoms with Gasteiger partial charge in [-0.3, -0.25) is 4.79 Å². The number of carbonyl (C=O) groups excluding carboxylic acids is 1. The summed E-state index contributed by atoms with van der Waals surface area (Å²) < 4.78 is 5.11. The fourth-order valence-electron chi connectivity index (χ4n) is 1.43. The Bertz CT molecular complexity index is 553. The van der Waals surface area contributed by atoms with Crippen LogP contribution in [-0.4, -0.2) is 15.9 Å². The van der Waals surface area contributed by atoms with Crippen molar-refractivity contribution in [1.29, 1.82) is 5.26 Å². The van der Waals surface area contributed by atoms with Crippen molar-refractivity contribution in [3.05, 3.63) is 53.6 Å². The summed E-state index contributed by atoms with van der Waals surface area (Å²) in [5.74, 6) is -0.316. The number of nitrogens with one attached hydrogen (secondary N) is 1. The van der Waals surface area contributed by atoms with Gasteiger partial charge in [-0.05, 0) is 17.7 Å². The van der Waals surface area contributed by atoms with Crippen LogP contribution in [0.5, 0.6) is 0 Å². The topological polar surface area (TPSA) is 78.8 Å². The molecule has 0 amide bonds. The van der Waals surface area contributed by atoms with E-state index in [-0.39, 0.29) is 19.0 Å². The smallest absolute Gasteiger partial charge is 0.312 e. The zero-order valence-corrected chi connectivity index (χ0v) is 9.59. The minimum absolute atomic E-state index is 0.177. The maximum Gasteiger partial charge on any atom is 0.312 e. The Morgan fingerprint density at radius 1 is 1.39 bits per heavy atom. The summed E-state index contributed by atoms with van der Waals surface area (Å²) in [7, 11) is 0. The van der Waals surface area contributed by atoms with Gasteiger partial charge >= 0.3 is 5.97 Å². The van der Waals surface area contributed by atoms with Crippen molar-refractivity contribution in [2.24, 2.45) is 0 Å². The van der Waals surface area contributed by atoms with Crippen molar-refractivity contribution in [2.45, 2.75) is 13.0 Å². The lowest BCUT2D eigenvalue weighted by Crippen LogP contribution is -2.08. The number of rotatable bonds is 4. The number of esters is 1. The molecule has 0 unspecified atom stereocenters. The summed E-state index contributed by atoms with van der Waals surface area (Å²) in [5, 5.41) is 8.65. The molecular formula is C13H11N3O2. The molecule has 0 aliphatic carbocycles. The quantitative estimate of drug-likeness (QED) is 0.824. The Labute approximate surface area is 104 Å². The maximum absolute atomic E-state index is 11.5. The minimum Gasteiger partial charge on any atom is -0.461 e. The summed E-state index contributed by atoms with van der Waals surface area (Å²) in [6, 6.07) is 8.95. The van der Waals surface area contributed by atoms with Crippen molar-refractivity contribution >= 4 is 5.97 Å². The summed E-state index contributed by atoms with van der Waals surface area (Å²) in [6.45, 7) is 0.207. The third-order valence-electron chi connectivity index (χ3n) is 2.37. The van der Waals surface area contributed by atoms with Crippen LogP contribution in [0.3, 0.4) is 0 Å². The Morgan fingerprint density at radius 2 is 2.17 bits per heavy atom. The van der Waals surface area contributed by atoms with E-state index in [2.05, 4.69) is 9.97 Å². The molecule has 2 aromatic rings. The van der Waals surface area contributed by atoms with Gasteiger partial charge in [-0.2, -0.15) is 5.26 Å². The van der Waals surface area contributed by atoms with Gasteiger partial charge in [0.25, 0.3) is 0 Å². The first-order valence-electron chi connectivity index (χ1n) is 5.40. The van der Waals surface area contributed by atoms with Crippen molar-refractivity contribution in [3.8, 4) is 6.07 Å². The van der Waals surface area contributed by atoms with Gasteiger partial charge < -0.3 is 9.72 Å². The second-order valence-electron chi connectivity index (χ2n) is 3.72. The van der Waals surface area contributed by atoms with E-state index in [0.29, 0.717) is 5.56 Å². The number of benzene rings is 1. The molecule has 90 valence electrons. The predicted octanol–water partition coefficient (Wildman–Crippen LogP) is 1.57. The fourth-order valence-corrected chi connectivity index (χ4v) is 1.43. The second kappa shape index (κ2) is 5.64. The Balaban J connectivity index is 1.83. The maximum atomic E-state index is 11.5. The number of aromatic nitrogens is 2. The largest absolute Gasteiger partial charge is 0.461 e. The lowest BCUT2D eigenvalue weighted by Gasteiger charge is -2.04. The van der Waals surface area contributed by atoms with Crippen molar-refractivity contribution in [3.63, 3.8) is 0 Å². The van der Waals surface area contributed by atoms with Gasteiger partial charge in [0, 0.05) is 11.9 Å². The number of aromatic amines is 1. The molecular weight excluding hydrogens is 230 g/mol. The van der Waals surface area contributed by atoms with Crippen LogP contribution in [0.15, 0.2) is 36.8 Å². The third-order valence-corrected chi connectivity index (χ3v) is 2.37. The van der Waals surface area contributed by atoms with E-state index < -0.39 is 0 Å². The van der Waals surface area contributed by atoms with E-state index in [1.54, 1.807) is 30.5 Å². The zero-order valence-electron chi connectivity index (χ0n) is 9.59. The summed E-state index contributed by atoms with van der Waals surface area (Å²) in [6.07, 6.45) is 3.28. The molecule has 1 aromatic heterocycles. The highest BCUT2D eigenvalue weighted by atomic mass is 16.5. The molecule has 18 heavy (non-hydrogen) atoms. The van der Waals surface area contributed by atoms with Crippen molar-refractivity contribution in [2.75, 3.05) is 0 Å². The first-order valence-corrected chi connectivity index (χ1v) is 5.40. The molecule has 0 saturated heterocycles. The number of nitriles is 1. The number of imidazole rings is 1. The molecule has 1 N–H and O–H groups in total. The minimum atomic E-state index is -0.316. The number of hydrogen-bond acceptors (Lipinski definition) is 4. The Hall–Kier alpha value is -2.61. The molecule has 0 bridgehead atoms. The van der Waals surface area contributed by atoms with Crippen LogP contribution in [0.25, 0.3) is 0 Å². The first kappa shape index (κ1) is 11.9. The average Bonchev–Trinajstić information content (AvgIpc) is 2.90. The van der Waals surface area contributed by atoms with E-state index in [1.165, 1.54) is 6.33 Å². The first-order chi connectivity index (χ1) is 8.78. The Morgan fingerprint density at radius 3 is 2.78 bits per heavy atom. The molecule has 0 saturated carbocycles. The van der Waals surface area contributed by atoms with E-state index in [0.717, 1.165) is 11.3 Å². The highest BCUT2D eigenvalue weighted by Crippen LogP contribution is 2.05. The van der Waals surface area contributed by atoms with Crippen LogP contribution in [0.1, 0.15) is 16.8 Å².